The van der Waals surface area contributed by atoms with Gasteiger partial charge in [0.05, 0.1) is 18.0 Å². The predicted molar refractivity (Wildman–Crippen MR) is 135 cm³/mol. The molecule has 3 aromatic carbocycles. The lowest BCUT2D eigenvalue weighted by molar-refractivity contribution is -0.111. The monoisotopic (exact) mass is 489 g/mol. The molecule has 9 heteroatoms. The Morgan fingerprint density at radius 3 is 2.47 bits per heavy atom. The first-order valence-electron chi connectivity index (χ1n) is 11.2. The Morgan fingerprint density at radius 2 is 1.72 bits per heavy atom. The van der Waals surface area contributed by atoms with E-state index in [0.29, 0.717) is 28.3 Å². The number of para-hydroxylation sites is 2. The number of nitrogens with one attached hydrogen (secondary N) is 2. The van der Waals surface area contributed by atoms with Crippen molar-refractivity contribution in [3.63, 3.8) is 0 Å². The molecule has 0 heterocycles. The maximum atomic E-state index is 12.5. The number of aliphatic hydroxyl groups excluding tert-OH is 1. The number of benzene rings is 3. The summed E-state index contributed by atoms with van der Waals surface area (Å²) >= 11 is 0. The summed E-state index contributed by atoms with van der Waals surface area (Å²) in [5.74, 6) is -0.540. The average molecular weight is 490 g/mol. The molecule has 186 valence electrons. The summed E-state index contributed by atoms with van der Waals surface area (Å²) in [6.07, 6.45) is 1.21. The van der Waals surface area contributed by atoms with Crippen molar-refractivity contribution in [2.24, 2.45) is 0 Å². The molecule has 0 unspecified atom stereocenters. The van der Waals surface area contributed by atoms with Crippen molar-refractivity contribution >= 4 is 29.3 Å². The Hall–Kier alpha value is -4.63. The van der Waals surface area contributed by atoms with Gasteiger partial charge in [0, 0.05) is 12.0 Å². The molecule has 0 saturated heterocycles. The van der Waals surface area contributed by atoms with E-state index in [-0.39, 0.29) is 19.6 Å². The molecule has 36 heavy (non-hydrogen) atoms. The number of amides is 3. The van der Waals surface area contributed by atoms with Crippen molar-refractivity contribution in [2.75, 3.05) is 24.3 Å². The van der Waals surface area contributed by atoms with Crippen LogP contribution in [0.15, 0.2) is 91.0 Å². The second kappa shape index (κ2) is 13.3. The van der Waals surface area contributed by atoms with Crippen LogP contribution >= 0.6 is 0 Å². The Balaban J connectivity index is 1.70. The number of alkyl carbamates (subject to hydrolysis) is 1. The molecule has 9 nitrogen and oxygen atoms in total. The molecule has 0 aliphatic rings. The van der Waals surface area contributed by atoms with E-state index in [2.05, 4.69) is 10.6 Å². The van der Waals surface area contributed by atoms with E-state index in [0.717, 1.165) is 0 Å². The van der Waals surface area contributed by atoms with E-state index in [1.165, 1.54) is 6.08 Å². The molecule has 0 bridgehead atoms. The Kier molecular flexibility index (Phi) is 9.60. The summed E-state index contributed by atoms with van der Waals surface area (Å²) in [6.45, 7) is -0.0539. The van der Waals surface area contributed by atoms with Gasteiger partial charge in [-0.3, -0.25) is 14.9 Å². The van der Waals surface area contributed by atoms with E-state index in [1.54, 1.807) is 84.9 Å². The van der Waals surface area contributed by atoms with Crippen LogP contribution < -0.4 is 21.1 Å². The molecule has 0 aliphatic carbocycles. The van der Waals surface area contributed by atoms with Crippen molar-refractivity contribution in [3.8, 4) is 5.75 Å². The molecule has 0 spiro atoms. The molecule has 0 aliphatic heterocycles. The highest BCUT2D eigenvalue weighted by atomic mass is 16.6. The van der Waals surface area contributed by atoms with Gasteiger partial charge in [0.25, 0.3) is 5.91 Å². The zero-order valence-electron chi connectivity index (χ0n) is 19.4. The van der Waals surface area contributed by atoms with Gasteiger partial charge in [-0.2, -0.15) is 0 Å². The number of imide groups is 1. The van der Waals surface area contributed by atoms with E-state index >= 15 is 0 Å². The fraction of sp³-hybridized carbons (Fsp3) is 0.148. The number of rotatable bonds is 10. The van der Waals surface area contributed by atoms with E-state index < -0.39 is 24.0 Å². The van der Waals surface area contributed by atoms with Crippen LogP contribution in [0.2, 0.25) is 0 Å². The van der Waals surface area contributed by atoms with Crippen molar-refractivity contribution in [2.45, 2.75) is 12.5 Å². The second-order valence-corrected chi connectivity index (χ2v) is 7.57. The largest absolute Gasteiger partial charge is 0.491 e. The van der Waals surface area contributed by atoms with Crippen LogP contribution in [0.25, 0.3) is 0 Å². The molecular formula is C27H27N3O6. The molecule has 3 rings (SSSR count). The van der Waals surface area contributed by atoms with Gasteiger partial charge in [-0.25, -0.2) is 4.79 Å². The molecule has 3 aromatic rings. The van der Waals surface area contributed by atoms with Crippen LogP contribution in [0.5, 0.6) is 5.75 Å². The topological polar surface area (TPSA) is 140 Å². The van der Waals surface area contributed by atoms with Gasteiger partial charge < -0.3 is 25.6 Å². The van der Waals surface area contributed by atoms with Crippen LogP contribution in [0.1, 0.15) is 28.4 Å². The highest BCUT2D eigenvalue weighted by molar-refractivity contribution is 6.03. The normalized spacial score (nSPS) is 11.5. The quantitative estimate of drug-likeness (QED) is 0.251. The van der Waals surface area contributed by atoms with Crippen LogP contribution in [-0.4, -0.2) is 36.2 Å². The lowest BCUT2D eigenvalue weighted by Gasteiger charge is -2.18. The van der Waals surface area contributed by atoms with Crippen LogP contribution in [0.4, 0.5) is 16.2 Å². The van der Waals surface area contributed by atoms with E-state index in [9.17, 15) is 14.4 Å². The lowest BCUT2D eigenvalue weighted by Crippen LogP contribution is -2.32. The second-order valence-electron chi connectivity index (χ2n) is 7.57. The number of carbonyl (C=O) groups excluding carboxylic acids is 3. The van der Waals surface area contributed by atoms with Gasteiger partial charge >= 0.3 is 6.09 Å². The average Bonchev–Trinajstić information content (AvgIpc) is 2.89. The summed E-state index contributed by atoms with van der Waals surface area (Å²) in [4.78, 5) is 37.1. The molecule has 0 radical (unpaired) electrons. The Morgan fingerprint density at radius 1 is 0.972 bits per heavy atom. The van der Waals surface area contributed by atoms with Gasteiger partial charge in [0.15, 0.2) is 0 Å². The van der Waals surface area contributed by atoms with Crippen LogP contribution in [0, 0.1) is 0 Å². The number of ether oxygens (including phenoxy) is 2. The number of aliphatic hydroxyl groups is 1. The minimum absolute atomic E-state index is 0.101. The molecular weight excluding hydrogens is 462 g/mol. The summed E-state index contributed by atoms with van der Waals surface area (Å²) in [5, 5.41) is 13.9. The number of nitrogens with two attached hydrogens (primary N) is 1. The zero-order chi connectivity index (χ0) is 25.8. The van der Waals surface area contributed by atoms with Gasteiger partial charge in [-0.15, -0.1) is 0 Å². The van der Waals surface area contributed by atoms with Crippen LogP contribution in [-0.2, 0) is 9.53 Å². The fourth-order valence-corrected chi connectivity index (χ4v) is 3.22. The first-order valence-corrected chi connectivity index (χ1v) is 11.2. The van der Waals surface area contributed by atoms with Crippen molar-refractivity contribution in [3.05, 3.63) is 102 Å². The molecule has 5 N–H and O–H groups in total. The number of hydrogen-bond acceptors (Lipinski definition) is 7. The Bertz CT molecular complexity index is 1210. The molecule has 0 fully saturated rings. The predicted octanol–water partition coefficient (Wildman–Crippen LogP) is 3.83. The SMILES string of the molecule is Nc1ccccc1NC(=O)/C=C/C[C@H](OC(=O)NC(=O)c1ccccc1)c1cccc(OCCO)c1. The molecule has 1 atom stereocenters. The van der Waals surface area contributed by atoms with E-state index in [1.807, 2.05) is 0 Å². The number of hydrogen-bond donors (Lipinski definition) is 4. The minimum atomic E-state index is -0.939. The minimum Gasteiger partial charge on any atom is -0.491 e. The maximum absolute atomic E-state index is 12.5. The number of carbonyl (C=O) groups is 3. The standard InChI is InChI=1S/C27H27N3O6/c28-22-12-4-5-13-23(22)29-25(32)15-7-14-24(20-10-6-11-21(18-20)35-17-16-31)36-27(34)30-26(33)19-8-2-1-3-9-19/h1-13,15,18,24,31H,14,16-17,28H2,(H,29,32)(H,30,33,34)/b15-7+/t24-/m0/s1. The van der Waals surface area contributed by atoms with E-state index in [4.69, 9.17) is 20.3 Å². The summed E-state index contributed by atoms with van der Waals surface area (Å²) in [5.41, 5.74) is 7.64. The van der Waals surface area contributed by atoms with Crippen LogP contribution in [0.3, 0.4) is 0 Å². The lowest BCUT2D eigenvalue weighted by atomic mass is 10.1. The highest BCUT2D eigenvalue weighted by Gasteiger charge is 2.19. The highest BCUT2D eigenvalue weighted by Crippen LogP contribution is 2.26. The zero-order valence-corrected chi connectivity index (χ0v) is 19.4. The maximum Gasteiger partial charge on any atom is 0.414 e. The number of anilines is 2. The Labute approximate surface area is 208 Å². The molecule has 0 saturated carbocycles. The summed E-state index contributed by atoms with van der Waals surface area (Å²) in [7, 11) is 0. The fourth-order valence-electron chi connectivity index (χ4n) is 3.22. The van der Waals surface area contributed by atoms with Gasteiger partial charge in [0.2, 0.25) is 5.91 Å². The third kappa shape index (κ3) is 8.00. The molecule has 0 aromatic heterocycles. The third-order valence-corrected chi connectivity index (χ3v) is 4.93. The smallest absolute Gasteiger partial charge is 0.414 e. The molecule has 3 amide bonds. The van der Waals surface area contributed by atoms with Gasteiger partial charge in [0.1, 0.15) is 18.5 Å². The summed E-state index contributed by atoms with van der Waals surface area (Å²) < 4.78 is 11.0. The third-order valence-electron chi connectivity index (χ3n) is 4.93. The van der Waals surface area contributed by atoms with Crippen molar-refractivity contribution < 1.29 is 29.0 Å². The van der Waals surface area contributed by atoms with Gasteiger partial charge in [-0.1, -0.05) is 48.5 Å². The first kappa shape index (κ1) is 26.0. The first-order chi connectivity index (χ1) is 17.5. The van der Waals surface area contributed by atoms with Gasteiger partial charge in [-0.05, 0) is 48.0 Å². The number of nitrogen functional groups attached to an aromatic ring is 1. The van der Waals surface area contributed by atoms with Crippen molar-refractivity contribution in [1.29, 1.82) is 0 Å². The summed E-state index contributed by atoms with van der Waals surface area (Å²) in [6, 6.07) is 21.9. The van der Waals surface area contributed by atoms with Crippen molar-refractivity contribution in [1.82, 2.24) is 5.32 Å².